The third-order valence-electron chi connectivity index (χ3n) is 3.81. The fraction of sp³-hybridized carbons (Fsp3) is 0.158. The van der Waals surface area contributed by atoms with Crippen LogP contribution in [0, 0.1) is 0 Å². The number of carboxylic acid groups (broad SMARTS) is 1. The molecule has 0 saturated heterocycles. The summed E-state index contributed by atoms with van der Waals surface area (Å²) in [6.45, 7) is 0.871. The van der Waals surface area contributed by atoms with Gasteiger partial charge in [-0.25, -0.2) is 18.6 Å². The van der Waals surface area contributed by atoms with E-state index in [-0.39, 0.29) is 16.4 Å². The van der Waals surface area contributed by atoms with Gasteiger partial charge in [-0.3, -0.25) is 9.59 Å². The van der Waals surface area contributed by atoms with Crippen LogP contribution < -0.4 is 10.7 Å². The zero-order valence-electron chi connectivity index (χ0n) is 16.2. The molecular weight excluding hydrogens is 412 g/mol. The minimum Gasteiger partial charge on any atom is -0.478 e. The topological polar surface area (TPSA) is 145 Å². The molecule has 0 aromatic heterocycles. The summed E-state index contributed by atoms with van der Waals surface area (Å²) in [5.41, 5.74) is 3.34. The zero-order valence-corrected chi connectivity index (χ0v) is 17.0. The minimum absolute atomic E-state index is 0.0334. The molecule has 3 N–H and O–H groups in total. The molecule has 0 aliphatic heterocycles. The molecule has 158 valence electrons. The lowest BCUT2D eigenvalue weighted by molar-refractivity contribution is -0.121. The molecular formula is C19H20N4O6S. The molecule has 0 atom stereocenters. The van der Waals surface area contributed by atoms with Crippen LogP contribution in [0.15, 0.2) is 58.5 Å². The van der Waals surface area contributed by atoms with Crippen LogP contribution in [-0.2, 0) is 19.6 Å². The van der Waals surface area contributed by atoms with Crippen LogP contribution in [0.2, 0.25) is 0 Å². The number of nitrogens with one attached hydrogen (secondary N) is 2. The van der Waals surface area contributed by atoms with Crippen molar-refractivity contribution >= 4 is 39.7 Å². The maximum Gasteiger partial charge on any atom is 0.335 e. The number of benzene rings is 2. The lowest BCUT2D eigenvalue weighted by Crippen LogP contribution is -2.36. The normalized spacial score (nSPS) is 11.4. The molecule has 0 aliphatic rings. The van der Waals surface area contributed by atoms with E-state index in [2.05, 4.69) is 15.8 Å². The number of carbonyl (C=O) groups excluding carboxylic acids is 2. The summed E-state index contributed by atoms with van der Waals surface area (Å²) >= 11 is 0. The smallest absolute Gasteiger partial charge is 0.335 e. The first-order chi connectivity index (χ1) is 14.1. The molecule has 0 fully saturated rings. The lowest BCUT2D eigenvalue weighted by atomic mass is 10.1. The highest BCUT2D eigenvalue weighted by Crippen LogP contribution is 2.17. The molecule has 2 aromatic carbocycles. The Bertz CT molecular complexity index is 1060. The Labute approximate surface area is 173 Å². The fourth-order valence-electron chi connectivity index (χ4n) is 2.31. The quantitative estimate of drug-likeness (QED) is 0.421. The summed E-state index contributed by atoms with van der Waals surface area (Å²) in [5, 5.41) is 15.1. The third kappa shape index (κ3) is 6.22. The standard InChI is InChI=1S/C19H20N4O6S/c1-13(24)21-16-7-9-17(10-8-16)30(28,29)23(2)12-18(25)22-20-11-14-3-5-15(6-4-14)19(26)27/h3-11H,12H2,1-2H3,(H,21,24)(H,22,25)(H,26,27)/b20-11-. The molecule has 2 amide bonds. The van der Waals surface area contributed by atoms with E-state index >= 15 is 0 Å². The van der Waals surface area contributed by atoms with Gasteiger partial charge in [0.25, 0.3) is 5.91 Å². The maximum atomic E-state index is 12.6. The summed E-state index contributed by atoms with van der Waals surface area (Å²) in [6, 6.07) is 11.4. The monoisotopic (exact) mass is 432 g/mol. The number of rotatable bonds is 8. The number of sulfonamides is 1. The largest absolute Gasteiger partial charge is 0.478 e. The van der Waals surface area contributed by atoms with Gasteiger partial charge in [0.1, 0.15) is 0 Å². The van der Waals surface area contributed by atoms with E-state index in [1.165, 1.54) is 68.7 Å². The van der Waals surface area contributed by atoms with E-state index in [1.807, 2.05) is 0 Å². The second kappa shape index (κ2) is 9.76. The summed E-state index contributed by atoms with van der Waals surface area (Å²) in [6.07, 6.45) is 1.30. The number of carboxylic acids is 1. The number of aromatic carboxylic acids is 1. The Balaban J connectivity index is 1.95. The van der Waals surface area contributed by atoms with Gasteiger partial charge in [0.15, 0.2) is 0 Å². The van der Waals surface area contributed by atoms with E-state index in [0.717, 1.165) is 4.31 Å². The van der Waals surface area contributed by atoms with Gasteiger partial charge in [-0.2, -0.15) is 9.41 Å². The molecule has 0 saturated carbocycles. The van der Waals surface area contributed by atoms with E-state index < -0.39 is 28.4 Å². The van der Waals surface area contributed by atoms with E-state index in [4.69, 9.17) is 5.11 Å². The number of carbonyl (C=O) groups is 3. The molecule has 0 heterocycles. The molecule has 30 heavy (non-hydrogen) atoms. The summed E-state index contributed by atoms with van der Waals surface area (Å²) < 4.78 is 26.0. The Morgan fingerprint density at radius 2 is 1.67 bits per heavy atom. The van der Waals surface area contributed by atoms with Crippen LogP contribution in [0.25, 0.3) is 0 Å². The van der Waals surface area contributed by atoms with Crippen molar-refractivity contribution in [3.8, 4) is 0 Å². The van der Waals surface area contributed by atoms with Crippen molar-refractivity contribution in [1.29, 1.82) is 0 Å². The van der Waals surface area contributed by atoms with Gasteiger partial charge < -0.3 is 10.4 Å². The second-order valence-electron chi connectivity index (χ2n) is 6.19. The molecule has 10 nitrogen and oxygen atoms in total. The van der Waals surface area contributed by atoms with Crippen LogP contribution in [0.5, 0.6) is 0 Å². The number of anilines is 1. The SMILES string of the molecule is CC(=O)Nc1ccc(S(=O)(=O)N(C)CC(=O)N/N=C\c2ccc(C(=O)O)cc2)cc1. The highest BCUT2D eigenvalue weighted by atomic mass is 32.2. The number of hydrogen-bond donors (Lipinski definition) is 3. The predicted octanol–water partition coefficient (Wildman–Crippen LogP) is 1.11. The van der Waals surface area contributed by atoms with E-state index in [1.54, 1.807) is 0 Å². The zero-order chi connectivity index (χ0) is 22.3. The first kappa shape index (κ1) is 22.7. The van der Waals surface area contributed by atoms with Crippen LogP contribution in [0.1, 0.15) is 22.8 Å². The molecule has 0 spiro atoms. The minimum atomic E-state index is -3.92. The Kier molecular flexibility index (Phi) is 7.39. The second-order valence-corrected chi connectivity index (χ2v) is 8.23. The van der Waals surface area contributed by atoms with Crippen molar-refractivity contribution in [2.24, 2.45) is 5.10 Å². The van der Waals surface area contributed by atoms with Gasteiger partial charge in [-0.05, 0) is 42.0 Å². The first-order valence-corrected chi connectivity index (χ1v) is 10.0. The maximum absolute atomic E-state index is 12.6. The van der Waals surface area contributed by atoms with Gasteiger partial charge in [-0.1, -0.05) is 12.1 Å². The van der Waals surface area contributed by atoms with E-state index in [0.29, 0.717) is 11.3 Å². The van der Waals surface area contributed by atoms with Gasteiger partial charge in [0.05, 0.1) is 23.2 Å². The highest BCUT2D eigenvalue weighted by molar-refractivity contribution is 7.89. The number of amides is 2. The highest BCUT2D eigenvalue weighted by Gasteiger charge is 2.22. The van der Waals surface area contributed by atoms with Crippen LogP contribution in [0.3, 0.4) is 0 Å². The number of likely N-dealkylation sites (N-methyl/N-ethyl adjacent to an activating group) is 1. The molecule has 0 radical (unpaired) electrons. The summed E-state index contributed by atoms with van der Waals surface area (Å²) in [7, 11) is -2.66. The van der Waals surface area contributed by atoms with Crippen molar-refractivity contribution in [2.45, 2.75) is 11.8 Å². The molecule has 11 heteroatoms. The first-order valence-electron chi connectivity index (χ1n) is 8.59. The van der Waals surface area contributed by atoms with Gasteiger partial charge in [0.2, 0.25) is 15.9 Å². The molecule has 0 unspecified atom stereocenters. The third-order valence-corrected chi connectivity index (χ3v) is 5.63. The van der Waals surface area contributed by atoms with Crippen molar-refractivity contribution in [2.75, 3.05) is 18.9 Å². The Morgan fingerprint density at radius 1 is 1.07 bits per heavy atom. The fourth-order valence-corrected chi connectivity index (χ4v) is 3.43. The molecule has 0 bridgehead atoms. The lowest BCUT2D eigenvalue weighted by Gasteiger charge is -2.16. The van der Waals surface area contributed by atoms with Crippen molar-refractivity contribution in [3.05, 3.63) is 59.7 Å². The predicted molar refractivity (Wildman–Crippen MR) is 110 cm³/mol. The molecule has 0 aliphatic carbocycles. The van der Waals surface area contributed by atoms with Gasteiger partial charge >= 0.3 is 5.97 Å². The molecule has 2 rings (SSSR count). The Hall–Kier alpha value is -3.57. The number of nitrogens with zero attached hydrogens (tertiary/aromatic N) is 2. The van der Waals surface area contributed by atoms with E-state index in [9.17, 15) is 22.8 Å². The van der Waals surface area contributed by atoms with Crippen LogP contribution in [-0.4, -0.2) is 55.4 Å². The number of hydrogen-bond acceptors (Lipinski definition) is 6. The van der Waals surface area contributed by atoms with Crippen molar-refractivity contribution in [1.82, 2.24) is 9.73 Å². The van der Waals surface area contributed by atoms with Gasteiger partial charge in [-0.15, -0.1) is 0 Å². The summed E-state index contributed by atoms with van der Waals surface area (Å²) in [5.74, 6) is -1.99. The van der Waals surface area contributed by atoms with Crippen LogP contribution >= 0.6 is 0 Å². The van der Waals surface area contributed by atoms with Crippen molar-refractivity contribution < 1.29 is 27.9 Å². The summed E-state index contributed by atoms with van der Waals surface area (Å²) in [4.78, 5) is 33.8. The molecule has 2 aromatic rings. The van der Waals surface area contributed by atoms with Crippen molar-refractivity contribution in [3.63, 3.8) is 0 Å². The van der Waals surface area contributed by atoms with Crippen LogP contribution in [0.4, 0.5) is 5.69 Å². The van der Waals surface area contributed by atoms with Gasteiger partial charge in [0, 0.05) is 19.7 Å². The average Bonchev–Trinajstić information content (AvgIpc) is 2.68. The Morgan fingerprint density at radius 3 is 2.20 bits per heavy atom. The number of hydrazone groups is 1. The average molecular weight is 432 g/mol.